The molecule has 10 nitrogen and oxygen atoms in total. The molecule has 12 heteroatoms. The Balaban J connectivity index is 6.11. The van der Waals surface area contributed by atoms with Gasteiger partial charge in [-0.05, 0) is 25.7 Å². The molecule has 0 heterocycles. The summed E-state index contributed by atoms with van der Waals surface area (Å²) in [4.78, 5) is 22.7. The van der Waals surface area contributed by atoms with Crippen LogP contribution in [0.1, 0.15) is 39.5 Å². The molecule has 24 heavy (non-hydrogen) atoms. The van der Waals surface area contributed by atoms with Crippen LogP contribution in [0.4, 0.5) is 0 Å². The second-order valence-electron chi connectivity index (χ2n) is 5.07. The molecule has 0 amide bonds. The van der Waals surface area contributed by atoms with Gasteiger partial charge in [0.25, 0.3) is 20.2 Å². The normalized spacial score (nSPS) is 16.2. The molecule has 0 aromatic carbocycles. The van der Waals surface area contributed by atoms with Crippen molar-refractivity contribution in [2.24, 2.45) is 0 Å². The fourth-order valence-electron chi connectivity index (χ4n) is 2.06. The first-order valence-corrected chi connectivity index (χ1v) is 9.87. The van der Waals surface area contributed by atoms with Crippen LogP contribution in [-0.4, -0.2) is 58.6 Å². The fraction of sp³-hybridized carbons (Fsp3) is 0.667. The van der Waals surface area contributed by atoms with Crippen LogP contribution in [0.3, 0.4) is 0 Å². The summed E-state index contributed by atoms with van der Waals surface area (Å²) in [6, 6.07) is 0. The molecule has 2 atom stereocenters. The molecule has 0 saturated carbocycles. The van der Waals surface area contributed by atoms with Crippen molar-refractivity contribution in [2.75, 3.05) is 0 Å². The predicted molar refractivity (Wildman–Crippen MR) is 82.8 cm³/mol. The van der Waals surface area contributed by atoms with E-state index in [1.807, 2.05) is 0 Å². The fourth-order valence-corrected chi connectivity index (χ4v) is 3.65. The van der Waals surface area contributed by atoms with Crippen molar-refractivity contribution >= 4 is 32.2 Å². The van der Waals surface area contributed by atoms with Crippen molar-refractivity contribution in [1.82, 2.24) is 0 Å². The highest BCUT2D eigenvalue weighted by atomic mass is 32.2. The number of carboxylic acids is 2. The van der Waals surface area contributed by atoms with E-state index in [0.29, 0.717) is 0 Å². The maximum Gasteiger partial charge on any atom is 0.332 e. The smallest absolute Gasteiger partial charge is 0.332 e. The first kappa shape index (κ1) is 22.5. The lowest BCUT2D eigenvalue weighted by molar-refractivity contribution is -0.136. The molecule has 0 aliphatic rings. The minimum absolute atomic E-state index is 0.183. The molecule has 140 valence electrons. The lowest BCUT2D eigenvalue weighted by atomic mass is 9.97. The van der Waals surface area contributed by atoms with E-state index in [0.717, 1.165) is 0 Å². The molecule has 0 radical (unpaired) electrons. The molecule has 2 unspecified atom stereocenters. The van der Waals surface area contributed by atoms with Crippen molar-refractivity contribution in [3.8, 4) is 0 Å². The number of hydrogen-bond acceptors (Lipinski definition) is 6. The van der Waals surface area contributed by atoms with Gasteiger partial charge in [0, 0.05) is 11.1 Å². The average Bonchev–Trinajstić information content (AvgIpc) is 2.38. The van der Waals surface area contributed by atoms with Crippen LogP contribution in [0.25, 0.3) is 0 Å². The SMILES string of the molecule is CCC(C/C(C(=O)O)=C(\CC(CC)S(=O)(=O)O)C(=O)O)S(=O)(=O)O. The summed E-state index contributed by atoms with van der Waals surface area (Å²) in [5.74, 6) is -3.50. The molecule has 0 spiro atoms. The molecule has 0 bridgehead atoms. The number of rotatable bonds is 10. The van der Waals surface area contributed by atoms with Crippen molar-refractivity contribution < 1.29 is 45.7 Å². The third kappa shape index (κ3) is 6.55. The van der Waals surface area contributed by atoms with Crippen molar-refractivity contribution in [1.29, 1.82) is 0 Å². The molecule has 0 saturated heterocycles. The number of hydrogen-bond donors (Lipinski definition) is 4. The van der Waals surface area contributed by atoms with E-state index in [1.165, 1.54) is 13.8 Å². The topological polar surface area (TPSA) is 183 Å². The first-order valence-electron chi connectivity index (χ1n) is 6.86. The zero-order valence-electron chi connectivity index (χ0n) is 13.0. The molecule has 0 aliphatic carbocycles. The molecule has 0 aromatic rings. The van der Waals surface area contributed by atoms with Crippen LogP contribution < -0.4 is 0 Å². The third-order valence-electron chi connectivity index (χ3n) is 3.50. The van der Waals surface area contributed by atoms with Gasteiger partial charge in [-0.3, -0.25) is 9.11 Å². The molecule has 0 aromatic heterocycles. The lowest BCUT2D eigenvalue weighted by Gasteiger charge is -2.17. The highest BCUT2D eigenvalue weighted by Crippen LogP contribution is 2.24. The van der Waals surface area contributed by atoms with E-state index in [-0.39, 0.29) is 12.8 Å². The Labute approximate surface area is 139 Å². The summed E-state index contributed by atoms with van der Waals surface area (Å²) < 4.78 is 62.9. The quantitative estimate of drug-likeness (QED) is 0.304. The van der Waals surface area contributed by atoms with Gasteiger partial charge in [-0.25, -0.2) is 9.59 Å². The highest BCUT2D eigenvalue weighted by Gasteiger charge is 2.32. The van der Waals surface area contributed by atoms with Crippen LogP contribution >= 0.6 is 0 Å². The van der Waals surface area contributed by atoms with Crippen LogP contribution in [-0.2, 0) is 29.8 Å². The van der Waals surface area contributed by atoms with Gasteiger partial charge in [-0.1, -0.05) is 13.8 Å². The summed E-state index contributed by atoms with van der Waals surface area (Å²) in [5, 5.41) is 15.3. The maximum absolute atomic E-state index is 11.3. The summed E-state index contributed by atoms with van der Waals surface area (Å²) in [7, 11) is -9.25. The molecule has 0 fully saturated rings. The minimum atomic E-state index is -4.62. The van der Waals surface area contributed by atoms with Gasteiger partial charge in [-0.15, -0.1) is 0 Å². The van der Waals surface area contributed by atoms with Gasteiger partial charge in [-0.2, -0.15) is 16.8 Å². The molecule has 0 aliphatic heterocycles. The lowest BCUT2D eigenvalue weighted by Crippen LogP contribution is -2.27. The predicted octanol–water partition coefficient (Wildman–Crippen LogP) is 0.565. The summed E-state index contributed by atoms with van der Waals surface area (Å²) in [5.41, 5.74) is -1.68. The van der Waals surface area contributed by atoms with Crippen LogP contribution in [0.15, 0.2) is 11.1 Å². The minimum Gasteiger partial charge on any atom is -0.478 e. The Kier molecular flexibility index (Phi) is 8.02. The molecule has 4 N–H and O–H groups in total. The molecular formula is C12H20O10S2. The van der Waals surface area contributed by atoms with Crippen LogP contribution in [0.5, 0.6) is 0 Å². The summed E-state index contributed by atoms with van der Waals surface area (Å²) in [6.45, 7) is 2.71. The molecule has 0 rings (SSSR count). The van der Waals surface area contributed by atoms with E-state index in [2.05, 4.69) is 0 Å². The first-order chi connectivity index (χ1) is 10.8. The number of aliphatic carboxylic acids is 2. The Bertz CT molecular complexity index is 655. The van der Waals surface area contributed by atoms with Gasteiger partial charge < -0.3 is 10.2 Å². The van der Waals surface area contributed by atoms with Crippen molar-refractivity contribution in [3.63, 3.8) is 0 Å². The van der Waals surface area contributed by atoms with Gasteiger partial charge in [0.1, 0.15) is 0 Å². The second kappa shape index (κ2) is 8.55. The standard InChI is InChI=1S/C12H20O10S2/c1-3-7(23(17,18)19)5-9(11(13)14)10(12(15)16)6-8(4-2)24(20,21)22/h7-8H,3-6H2,1-2H3,(H,13,14)(H,15,16)(H,17,18,19)(H,20,21,22)/b10-9-. The van der Waals surface area contributed by atoms with Gasteiger partial charge in [0.2, 0.25) is 0 Å². The Hall–Kier alpha value is -1.50. The van der Waals surface area contributed by atoms with Crippen molar-refractivity contribution in [2.45, 2.75) is 50.0 Å². The summed E-state index contributed by atoms with van der Waals surface area (Å²) in [6.07, 6.45) is -1.99. The van der Waals surface area contributed by atoms with Crippen molar-refractivity contribution in [3.05, 3.63) is 11.1 Å². The van der Waals surface area contributed by atoms with E-state index >= 15 is 0 Å². The van der Waals surface area contributed by atoms with Gasteiger partial charge in [0.05, 0.1) is 10.5 Å². The van der Waals surface area contributed by atoms with E-state index in [4.69, 9.17) is 9.11 Å². The largest absolute Gasteiger partial charge is 0.478 e. The van der Waals surface area contributed by atoms with E-state index in [9.17, 15) is 36.6 Å². The van der Waals surface area contributed by atoms with Crippen LogP contribution in [0, 0.1) is 0 Å². The number of carboxylic acid groups (broad SMARTS) is 2. The summed E-state index contributed by atoms with van der Waals surface area (Å²) >= 11 is 0. The van der Waals surface area contributed by atoms with E-state index < -0.39 is 66.7 Å². The number of carbonyl (C=O) groups is 2. The zero-order valence-corrected chi connectivity index (χ0v) is 14.7. The monoisotopic (exact) mass is 388 g/mol. The van der Waals surface area contributed by atoms with Crippen LogP contribution in [0.2, 0.25) is 0 Å². The second-order valence-corrected chi connectivity index (χ2v) is 8.46. The average molecular weight is 388 g/mol. The zero-order chi connectivity index (χ0) is 19.3. The Morgan fingerprint density at radius 1 is 0.750 bits per heavy atom. The van der Waals surface area contributed by atoms with E-state index in [1.54, 1.807) is 0 Å². The maximum atomic E-state index is 11.3. The Morgan fingerprint density at radius 3 is 1.12 bits per heavy atom. The highest BCUT2D eigenvalue weighted by molar-refractivity contribution is 7.86. The van der Waals surface area contributed by atoms with Gasteiger partial charge in [0.15, 0.2) is 0 Å². The van der Waals surface area contributed by atoms with Gasteiger partial charge >= 0.3 is 11.9 Å². The third-order valence-corrected chi connectivity index (χ3v) is 6.18. The Morgan fingerprint density at radius 2 is 1.00 bits per heavy atom. The molecular weight excluding hydrogens is 368 g/mol.